The predicted octanol–water partition coefficient (Wildman–Crippen LogP) is 28.6. The van der Waals surface area contributed by atoms with E-state index in [-0.39, 0.29) is 0 Å². The molecule has 0 unspecified atom stereocenters. The van der Waals surface area contributed by atoms with E-state index in [1.165, 1.54) is 351 Å². The normalized spacial score (nSPS) is 12.7. The molecule has 0 atom stereocenters. The number of benzene rings is 2. The van der Waals surface area contributed by atoms with Gasteiger partial charge in [0.05, 0.1) is 0 Å². The Morgan fingerprint density at radius 1 is 0.253 bits per heavy atom. The molecule has 1 heterocycles. The van der Waals surface area contributed by atoms with Gasteiger partial charge in [0, 0.05) is 22.3 Å². The summed E-state index contributed by atoms with van der Waals surface area (Å²) < 4.78 is 1.62. The zero-order valence-corrected chi connectivity index (χ0v) is 58.3. The second kappa shape index (κ2) is 56.5. The first-order chi connectivity index (χ1) is 40.9. The molecule has 0 aliphatic carbocycles. The molecule has 0 saturated carbocycles. The molecule has 3 heteroatoms. The second-order valence-corrected chi connectivity index (χ2v) is 27.6. The van der Waals surface area contributed by atoms with Crippen molar-refractivity contribution >= 4 is 11.4 Å². The van der Waals surface area contributed by atoms with Gasteiger partial charge in [0.1, 0.15) is 0 Å². The Morgan fingerprint density at radius 2 is 0.482 bits per heavy atom. The van der Waals surface area contributed by atoms with E-state index in [0.717, 1.165) is 62.8 Å². The van der Waals surface area contributed by atoms with Crippen molar-refractivity contribution in [2.75, 3.05) is 0 Å². The van der Waals surface area contributed by atoms with Crippen LogP contribution in [-0.2, 0) is 40.1 Å². The summed E-state index contributed by atoms with van der Waals surface area (Å²) in [7, 11) is 0. The van der Waals surface area contributed by atoms with Gasteiger partial charge in [-0.05, 0) is 117 Å². The van der Waals surface area contributed by atoms with Crippen LogP contribution in [0.25, 0.3) is 16.9 Å². The van der Waals surface area contributed by atoms with Crippen molar-refractivity contribution in [3.8, 4) is 0 Å². The van der Waals surface area contributed by atoms with E-state index < -0.39 is 0 Å². The molecular weight excluding hydrogens is 1050 g/mol. The van der Waals surface area contributed by atoms with Crippen LogP contribution in [0.2, 0.25) is 10.8 Å². The summed E-state index contributed by atoms with van der Waals surface area (Å²) in [6, 6.07) is 14.5. The molecule has 0 bridgehead atoms. The quantitative estimate of drug-likeness (QED) is 0.0358. The van der Waals surface area contributed by atoms with Crippen molar-refractivity contribution in [1.82, 2.24) is 0 Å². The van der Waals surface area contributed by atoms with Gasteiger partial charge in [0.2, 0.25) is 11.4 Å². The van der Waals surface area contributed by atoms with E-state index in [2.05, 4.69) is 91.8 Å². The molecule has 3 rings (SSSR count). The molecule has 0 spiro atoms. The van der Waals surface area contributed by atoms with Gasteiger partial charge in [0.25, 0.3) is 0 Å². The molecule has 0 amide bonds. The Kier molecular flexibility index (Phi) is 52.5. The minimum atomic E-state index is 0.930. The summed E-state index contributed by atoms with van der Waals surface area (Å²) >= 11 is 2.05. The third kappa shape index (κ3) is 38.8. The van der Waals surface area contributed by atoms with Crippen LogP contribution in [0.15, 0.2) is 47.5 Å². The second-order valence-electron chi connectivity index (χ2n) is 26.1. The van der Waals surface area contributed by atoms with Gasteiger partial charge in [-0.3, -0.25) is 0 Å². The molecule has 0 saturated heterocycles. The van der Waals surface area contributed by atoms with Crippen LogP contribution in [0.4, 0.5) is 0 Å². The number of rotatable bonds is 58. The molecule has 2 aromatic carbocycles. The van der Waals surface area contributed by atoms with E-state index in [1.54, 1.807) is 4.70 Å². The Labute approximate surface area is 526 Å². The monoisotopic (exact) mass is 1190 g/mol. The SMILES string of the molecule is CCCCCCCCCCCCCCCCCC[CH2][Ni][CH2]CCCCCCCCCCCCCCCCCC.CCCCCc1cc(CCCCC)cc(C2=C(CC)C(CCCC)=C(c3cc(CCCCC)cc(CCCCC)c3)[N+]2=[N-])c1. The van der Waals surface area contributed by atoms with Crippen molar-refractivity contribution in [2.24, 2.45) is 0 Å². The topological polar surface area (TPSA) is 25.3 Å². The van der Waals surface area contributed by atoms with Crippen LogP contribution in [-0.4, -0.2) is 4.70 Å². The first kappa shape index (κ1) is 77.1. The minimum Gasteiger partial charge on any atom is -0.493 e. The molecule has 482 valence electrons. The van der Waals surface area contributed by atoms with Gasteiger partial charge in [-0.15, -0.1) is 0 Å². The van der Waals surface area contributed by atoms with Gasteiger partial charge in [0.15, 0.2) is 0 Å². The van der Waals surface area contributed by atoms with E-state index in [9.17, 15) is 5.53 Å². The van der Waals surface area contributed by atoms with E-state index >= 15 is 0 Å². The van der Waals surface area contributed by atoms with Crippen molar-refractivity contribution in [2.45, 2.75) is 413 Å². The fourth-order valence-corrected chi connectivity index (χ4v) is 14.0. The van der Waals surface area contributed by atoms with Crippen LogP contribution in [0.3, 0.4) is 0 Å². The average molecular weight is 1190 g/mol. The van der Waals surface area contributed by atoms with Crippen molar-refractivity contribution in [3.05, 3.63) is 86.5 Å². The molecule has 2 aromatic rings. The molecule has 2 nitrogen and oxygen atoms in total. The van der Waals surface area contributed by atoms with Crippen molar-refractivity contribution < 1.29 is 19.1 Å². The number of aryl methyl sites for hydroxylation is 4. The summed E-state index contributed by atoms with van der Waals surface area (Å²) in [6.45, 7) is 18.3. The third-order valence-electron chi connectivity index (χ3n) is 18.1. The summed E-state index contributed by atoms with van der Waals surface area (Å²) in [5, 5.41) is 2.87. The number of unbranched alkanes of at least 4 members (excludes halogenated alkanes) is 41. The summed E-state index contributed by atoms with van der Waals surface area (Å²) in [5.41, 5.74) is 25.2. The molecule has 0 aromatic heterocycles. The molecule has 83 heavy (non-hydrogen) atoms. The number of nitrogens with zero attached hydrogens (tertiary/aromatic N) is 2. The Balaban J connectivity index is 0.000000572. The van der Waals surface area contributed by atoms with Gasteiger partial charge in [-0.1, -0.05) is 202 Å². The smallest absolute Gasteiger partial charge is 0.493 e. The van der Waals surface area contributed by atoms with Crippen LogP contribution in [0, 0.1) is 0 Å². The molecule has 1 aliphatic heterocycles. The molecular formula is C80H142N2Ni. The van der Waals surface area contributed by atoms with Gasteiger partial charge < -0.3 is 5.53 Å². The first-order valence-corrected chi connectivity index (χ1v) is 39.0. The first-order valence-electron chi connectivity index (χ1n) is 37.6. The number of allylic oxidation sites excluding steroid dienone is 2. The molecule has 0 radical (unpaired) electrons. The van der Waals surface area contributed by atoms with Gasteiger partial charge in [-0.2, -0.15) is 0 Å². The fraction of sp³-hybridized carbons (Fsp3) is 0.800. The van der Waals surface area contributed by atoms with Crippen LogP contribution in [0.5, 0.6) is 0 Å². The van der Waals surface area contributed by atoms with Crippen molar-refractivity contribution in [3.63, 3.8) is 0 Å². The molecule has 0 fully saturated rings. The minimum absolute atomic E-state index is 0.930. The van der Waals surface area contributed by atoms with Gasteiger partial charge in [-0.25, -0.2) is 4.70 Å². The average Bonchev–Trinajstić information content (AvgIpc) is 2.55. The van der Waals surface area contributed by atoms with Crippen LogP contribution in [0.1, 0.15) is 410 Å². The fourth-order valence-electron chi connectivity index (χ4n) is 12.8. The molecule has 1 aliphatic rings. The standard InChI is InChI=1S/C42H64N2.2C19H39.Ni/c1-7-13-18-22-33-27-34(23-19-14-8-2)30-37(29-33)41-39(12-6)40(26-17-11-5)42(44(41)43)38-31-35(24-20-15-9-3)28-36(32-38)25-21-16-10-4;2*1-3-5-7-9-11-13-15-17-19-18-16-14-12-10-8-6-4-2;/h27-32H,7-26H2,1-6H3;2*1,3-19H2,2H3;. The van der Waals surface area contributed by atoms with E-state index in [0.29, 0.717) is 0 Å². The Hall–Kier alpha value is -1.99. The van der Waals surface area contributed by atoms with E-state index in [4.69, 9.17) is 0 Å². The van der Waals surface area contributed by atoms with Crippen molar-refractivity contribution in [1.29, 1.82) is 0 Å². The number of hydrogen-bond donors (Lipinski definition) is 0. The zero-order valence-electron chi connectivity index (χ0n) is 57.3. The molecule has 0 N–H and O–H groups in total. The maximum absolute atomic E-state index is 12.3. The number of hydrogen-bond acceptors (Lipinski definition) is 0. The Bertz CT molecular complexity index is 1780. The predicted molar refractivity (Wildman–Crippen MR) is 371 cm³/mol. The van der Waals surface area contributed by atoms with Crippen LogP contribution >= 0.6 is 0 Å². The zero-order chi connectivity index (χ0) is 59.9. The van der Waals surface area contributed by atoms with Gasteiger partial charge >= 0.3 is 166 Å². The Morgan fingerprint density at radius 3 is 0.735 bits per heavy atom. The van der Waals surface area contributed by atoms with E-state index in [1.807, 2.05) is 14.4 Å². The summed E-state index contributed by atoms with van der Waals surface area (Å²) in [4.78, 5) is 0. The summed E-state index contributed by atoms with van der Waals surface area (Å²) in [6.07, 6.45) is 73.9. The third-order valence-corrected chi connectivity index (χ3v) is 19.5. The summed E-state index contributed by atoms with van der Waals surface area (Å²) in [5.74, 6) is 0. The maximum atomic E-state index is 12.3. The van der Waals surface area contributed by atoms with Crippen LogP contribution < -0.4 is 0 Å².